The molecule has 2 unspecified atom stereocenters. The number of benzene rings is 1. The van der Waals surface area contributed by atoms with E-state index in [4.69, 9.17) is 4.74 Å². The molecule has 1 fully saturated rings. The van der Waals surface area contributed by atoms with Gasteiger partial charge in [-0.2, -0.15) is 5.26 Å². The van der Waals surface area contributed by atoms with Crippen LogP contribution in [0.3, 0.4) is 0 Å². The van der Waals surface area contributed by atoms with Gasteiger partial charge in [0.05, 0.1) is 13.2 Å². The molecule has 2 rings (SSSR count). The number of nitrogens with one attached hydrogen (secondary N) is 2. The van der Waals surface area contributed by atoms with E-state index in [9.17, 15) is 5.26 Å². The van der Waals surface area contributed by atoms with Crippen LogP contribution in [-0.2, 0) is 0 Å². The second-order valence-electron chi connectivity index (χ2n) is 4.79. The molecule has 96 valence electrons. The summed E-state index contributed by atoms with van der Waals surface area (Å²) in [5.41, 5.74) is 0.492. The molecule has 1 aliphatic rings. The summed E-state index contributed by atoms with van der Waals surface area (Å²) in [5, 5.41) is 16.2. The lowest BCUT2D eigenvalue weighted by Gasteiger charge is -2.38. The molecule has 18 heavy (non-hydrogen) atoms. The van der Waals surface area contributed by atoms with Gasteiger partial charge in [-0.15, -0.1) is 0 Å². The lowest BCUT2D eigenvalue weighted by atomic mass is 9.80. The van der Waals surface area contributed by atoms with Crippen LogP contribution in [0.2, 0.25) is 0 Å². The Morgan fingerprint density at radius 2 is 2.17 bits per heavy atom. The Balaban J connectivity index is 2.16. The highest BCUT2D eigenvalue weighted by Gasteiger charge is 2.38. The van der Waals surface area contributed by atoms with Crippen molar-refractivity contribution in [2.24, 2.45) is 5.92 Å². The summed E-state index contributed by atoms with van der Waals surface area (Å²) >= 11 is 0. The van der Waals surface area contributed by atoms with Gasteiger partial charge in [0.25, 0.3) is 0 Å². The van der Waals surface area contributed by atoms with Crippen molar-refractivity contribution in [3.05, 3.63) is 24.3 Å². The van der Waals surface area contributed by atoms with Gasteiger partial charge >= 0.3 is 0 Å². The fourth-order valence-corrected chi connectivity index (χ4v) is 2.34. The minimum atomic E-state index is -0.472. The summed E-state index contributed by atoms with van der Waals surface area (Å²) in [5.74, 6) is 1.10. The highest BCUT2D eigenvalue weighted by atomic mass is 16.5. The molecule has 1 saturated heterocycles. The quantitative estimate of drug-likeness (QED) is 0.855. The Kier molecular flexibility index (Phi) is 3.73. The average Bonchev–Trinajstić information content (AvgIpc) is 2.42. The molecule has 2 atom stereocenters. The molecule has 1 aromatic carbocycles. The summed E-state index contributed by atoms with van der Waals surface area (Å²) < 4.78 is 5.13. The Morgan fingerprint density at radius 1 is 1.44 bits per heavy atom. The van der Waals surface area contributed by atoms with E-state index in [0.717, 1.165) is 30.9 Å². The summed E-state index contributed by atoms with van der Waals surface area (Å²) in [6.07, 6.45) is 0.816. The minimum Gasteiger partial charge on any atom is -0.497 e. The van der Waals surface area contributed by atoms with Crippen molar-refractivity contribution >= 4 is 5.69 Å². The zero-order chi connectivity index (χ0) is 13.0. The fourth-order valence-electron chi connectivity index (χ4n) is 2.34. The highest BCUT2D eigenvalue weighted by molar-refractivity contribution is 5.50. The van der Waals surface area contributed by atoms with Crippen molar-refractivity contribution in [1.29, 1.82) is 5.26 Å². The molecule has 0 saturated carbocycles. The van der Waals surface area contributed by atoms with Crippen molar-refractivity contribution in [3.63, 3.8) is 0 Å². The lowest BCUT2D eigenvalue weighted by Crippen LogP contribution is -2.53. The molecule has 0 bridgehead atoms. The molecule has 4 nitrogen and oxygen atoms in total. The lowest BCUT2D eigenvalue weighted by molar-refractivity contribution is 0.304. The maximum absolute atomic E-state index is 9.51. The number of nitrogens with zero attached hydrogens (tertiary/aromatic N) is 1. The topological polar surface area (TPSA) is 57.1 Å². The molecule has 0 amide bonds. The van der Waals surface area contributed by atoms with Crippen LogP contribution in [0.1, 0.15) is 13.3 Å². The zero-order valence-electron chi connectivity index (χ0n) is 10.9. The number of hydrogen-bond acceptors (Lipinski definition) is 4. The number of ether oxygens (including phenoxy) is 1. The van der Waals surface area contributed by atoms with E-state index in [1.807, 2.05) is 24.3 Å². The molecule has 0 spiro atoms. The molecule has 0 radical (unpaired) electrons. The number of methoxy groups -OCH3 is 1. The van der Waals surface area contributed by atoms with E-state index in [1.54, 1.807) is 7.11 Å². The number of piperidine rings is 1. The summed E-state index contributed by atoms with van der Waals surface area (Å²) in [6, 6.07) is 10.2. The van der Waals surface area contributed by atoms with Gasteiger partial charge in [-0.25, -0.2) is 0 Å². The number of hydrogen-bond donors (Lipinski definition) is 2. The highest BCUT2D eigenvalue weighted by Crippen LogP contribution is 2.29. The molecule has 1 aliphatic heterocycles. The first-order valence-corrected chi connectivity index (χ1v) is 6.24. The van der Waals surface area contributed by atoms with Crippen LogP contribution in [-0.4, -0.2) is 25.7 Å². The molecule has 1 aromatic rings. The van der Waals surface area contributed by atoms with Gasteiger partial charge in [0, 0.05) is 18.2 Å². The van der Waals surface area contributed by atoms with Gasteiger partial charge in [0.15, 0.2) is 0 Å². The Morgan fingerprint density at radius 3 is 2.72 bits per heavy atom. The van der Waals surface area contributed by atoms with E-state index in [-0.39, 0.29) is 5.92 Å². The monoisotopic (exact) mass is 245 g/mol. The van der Waals surface area contributed by atoms with Gasteiger partial charge in [-0.1, -0.05) is 6.92 Å². The second kappa shape index (κ2) is 5.28. The first-order valence-electron chi connectivity index (χ1n) is 6.24. The SMILES string of the molecule is COc1ccc(NC2(C#N)CCNCC2C)cc1. The van der Waals surface area contributed by atoms with E-state index in [1.165, 1.54) is 0 Å². The third-order valence-corrected chi connectivity index (χ3v) is 3.64. The molecule has 1 heterocycles. The number of nitriles is 1. The molecular weight excluding hydrogens is 226 g/mol. The number of rotatable bonds is 3. The van der Waals surface area contributed by atoms with Gasteiger partial charge in [0.2, 0.25) is 0 Å². The van der Waals surface area contributed by atoms with Crippen LogP contribution in [0.25, 0.3) is 0 Å². The van der Waals surface area contributed by atoms with E-state index in [2.05, 4.69) is 23.6 Å². The molecular formula is C14H19N3O. The smallest absolute Gasteiger partial charge is 0.130 e. The first kappa shape index (κ1) is 12.7. The maximum Gasteiger partial charge on any atom is 0.130 e. The van der Waals surface area contributed by atoms with Crippen molar-refractivity contribution in [1.82, 2.24) is 5.32 Å². The van der Waals surface area contributed by atoms with Crippen molar-refractivity contribution in [2.45, 2.75) is 18.9 Å². The van der Waals surface area contributed by atoms with Crippen LogP contribution in [0.4, 0.5) is 5.69 Å². The van der Waals surface area contributed by atoms with Crippen molar-refractivity contribution in [2.75, 3.05) is 25.5 Å². The molecule has 4 heteroatoms. The summed E-state index contributed by atoms with van der Waals surface area (Å²) in [6.45, 7) is 3.85. The number of anilines is 1. The predicted molar refractivity (Wildman–Crippen MR) is 71.6 cm³/mol. The van der Waals surface area contributed by atoms with E-state index in [0.29, 0.717) is 0 Å². The molecule has 0 aliphatic carbocycles. The minimum absolute atomic E-state index is 0.276. The summed E-state index contributed by atoms with van der Waals surface area (Å²) in [7, 11) is 1.65. The maximum atomic E-state index is 9.51. The molecule has 0 aromatic heterocycles. The summed E-state index contributed by atoms with van der Waals surface area (Å²) in [4.78, 5) is 0. The predicted octanol–water partition coefficient (Wildman–Crippen LogP) is 2.00. The molecule has 2 N–H and O–H groups in total. The van der Waals surface area contributed by atoms with Crippen molar-refractivity contribution in [3.8, 4) is 11.8 Å². The van der Waals surface area contributed by atoms with Crippen LogP contribution in [0.5, 0.6) is 5.75 Å². The van der Waals surface area contributed by atoms with E-state index >= 15 is 0 Å². The van der Waals surface area contributed by atoms with Crippen molar-refractivity contribution < 1.29 is 4.74 Å². The first-order chi connectivity index (χ1) is 8.70. The standard InChI is InChI=1S/C14H19N3O/c1-11-9-16-8-7-14(11,10-15)17-12-3-5-13(18-2)6-4-12/h3-6,11,16-17H,7-9H2,1-2H3. The fraction of sp³-hybridized carbons (Fsp3) is 0.500. The Hall–Kier alpha value is -1.73. The normalized spacial score (nSPS) is 27.3. The zero-order valence-corrected chi connectivity index (χ0v) is 10.9. The Labute approximate surface area is 108 Å². The van der Waals surface area contributed by atoms with E-state index < -0.39 is 5.54 Å². The van der Waals surface area contributed by atoms with Crippen LogP contribution in [0.15, 0.2) is 24.3 Å². The van der Waals surface area contributed by atoms with Gasteiger partial charge in [0.1, 0.15) is 11.3 Å². The van der Waals surface area contributed by atoms with Gasteiger partial charge < -0.3 is 15.4 Å². The third kappa shape index (κ3) is 2.41. The largest absolute Gasteiger partial charge is 0.497 e. The third-order valence-electron chi connectivity index (χ3n) is 3.64. The van der Waals surface area contributed by atoms with Crippen LogP contribution >= 0.6 is 0 Å². The van der Waals surface area contributed by atoms with Gasteiger partial charge in [-0.3, -0.25) is 0 Å². The van der Waals surface area contributed by atoms with Crippen LogP contribution in [0, 0.1) is 17.2 Å². The Bertz CT molecular complexity index is 437. The van der Waals surface area contributed by atoms with Gasteiger partial charge in [-0.05, 0) is 37.2 Å². The second-order valence-corrected chi connectivity index (χ2v) is 4.79. The van der Waals surface area contributed by atoms with Crippen LogP contribution < -0.4 is 15.4 Å². The average molecular weight is 245 g/mol.